The van der Waals surface area contributed by atoms with E-state index in [2.05, 4.69) is 0 Å². The third-order valence-corrected chi connectivity index (χ3v) is 3.77. The summed E-state index contributed by atoms with van der Waals surface area (Å²) in [5.41, 5.74) is 0.381. The summed E-state index contributed by atoms with van der Waals surface area (Å²) in [6, 6.07) is 12.7. The number of furan rings is 1. The Labute approximate surface area is 153 Å². The smallest absolute Gasteiger partial charge is 0.185 e. The van der Waals surface area contributed by atoms with Gasteiger partial charge in [-0.3, -0.25) is 4.79 Å². The second-order valence-corrected chi connectivity index (χ2v) is 5.78. The number of benzene rings is 2. The highest BCUT2D eigenvalue weighted by molar-refractivity contribution is 6.30. The maximum atomic E-state index is 13.1. The molecule has 0 radical (unpaired) electrons. The molecule has 3 nitrogen and oxygen atoms in total. The van der Waals surface area contributed by atoms with Crippen LogP contribution in [-0.2, 0) is 6.61 Å². The first-order valence-corrected chi connectivity index (χ1v) is 8.03. The van der Waals surface area contributed by atoms with Crippen LogP contribution >= 0.6 is 11.6 Å². The predicted octanol–water partition coefficient (Wildman–Crippen LogP) is 5.69. The van der Waals surface area contributed by atoms with E-state index < -0.39 is 11.6 Å². The molecule has 0 N–H and O–H groups in total. The summed E-state index contributed by atoms with van der Waals surface area (Å²) < 4.78 is 37.0. The molecule has 0 aliphatic rings. The van der Waals surface area contributed by atoms with Crippen LogP contribution in [0.2, 0.25) is 5.02 Å². The summed E-state index contributed by atoms with van der Waals surface area (Å²) >= 11 is 5.69. The number of hydrogen-bond donors (Lipinski definition) is 0. The van der Waals surface area contributed by atoms with E-state index >= 15 is 0 Å². The van der Waals surface area contributed by atoms with Gasteiger partial charge in [0.2, 0.25) is 0 Å². The van der Waals surface area contributed by atoms with Gasteiger partial charge in [-0.2, -0.15) is 0 Å². The lowest BCUT2D eigenvalue weighted by Gasteiger charge is -2.04. The first-order valence-electron chi connectivity index (χ1n) is 7.66. The van der Waals surface area contributed by atoms with Crippen LogP contribution in [0, 0.1) is 11.6 Å². The topological polar surface area (TPSA) is 39.4 Å². The Balaban J connectivity index is 1.59. The van der Waals surface area contributed by atoms with Crippen molar-refractivity contribution in [3.63, 3.8) is 0 Å². The highest BCUT2D eigenvalue weighted by Crippen LogP contribution is 2.22. The van der Waals surface area contributed by atoms with E-state index in [1.165, 1.54) is 54.6 Å². The molecule has 26 heavy (non-hydrogen) atoms. The van der Waals surface area contributed by atoms with Gasteiger partial charge in [0.1, 0.15) is 35.5 Å². The molecule has 0 atom stereocenters. The maximum Gasteiger partial charge on any atom is 0.185 e. The molecule has 0 saturated heterocycles. The molecule has 0 aliphatic heterocycles. The Morgan fingerprint density at radius 1 is 1.08 bits per heavy atom. The third-order valence-electron chi connectivity index (χ3n) is 3.48. The molecular formula is C20H13ClF2O3. The lowest BCUT2D eigenvalue weighted by atomic mass is 10.1. The van der Waals surface area contributed by atoms with E-state index in [0.29, 0.717) is 22.8 Å². The minimum absolute atomic E-state index is 0.0233. The fraction of sp³-hybridized carbons (Fsp3) is 0.0500. The van der Waals surface area contributed by atoms with Gasteiger partial charge in [0.05, 0.1) is 5.02 Å². The second kappa shape index (κ2) is 7.97. The van der Waals surface area contributed by atoms with Crippen molar-refractivity contribution in [2.75, 3.05) is 0 Å². The fourth-order valence-electron chi connectivity index (χ4n) is 2.15. The molecule has 0 unspecified atom stereocenters. The zero-order valence-electron chi connectivity index (χ0n) is 13.4. The Morgan fingerprint density at radius 3 is 2.58 bits per heavy atom. The highest BCUT2D eigenvalue weighted by atomic mass is 35.5. The van der Waals surface area contributed by atoms with Gasteiger partial charge in [-0.15, -0.1) is 0 Å². The van der Waals surface area contributed by atoms with Crippen LogP contribution in [0.15, 0.2) is 65.1 Å². The quantitative estimate of drug-likeness (QED) is 0.411. The van der Waals surface area contributed by atoms with Crippen LogP contribution in [0.5, 0.6) is 5.75 Å². The van der Waals surface area contributed by atoms with E-state index in [0.717, 1.165) is 0 Å². The third kappa shape index (κ3) is 4.58. The molecular weight excluding hydrogens is 362 g/mol. The number of ether oxygens (including phenoxy) is 1. The van der Waals surface area contributed by atoms with Gasteiger partial charge in [-0.05, 0) is 60.7 Å². The lowest BCUT2D eigenvalue weighted by molar-refractivity contribution is 0.104. The molecule has 0 aliphatic carbocycles. The van der Waals surface area contributed by atoms with Crippen molar-refractivity contribution in [3.8, 4) is 5.75 Å². The van der Waals surface area contributed by atoms with Crippen LogP contribution in [0.1, 0.15) is 21.9 Å². The largest absolute Gasteiger partial charge is 0.486 e. The van der Waals surface area contributed by atoms with Crippen LogP contribution in [-0.4, -0.2) is 5.78 Å². The van der Waals surface area contributed by atoms with Crippen molar-refractivity contribution in [2.24, 2.45) is 0 Å². The maximum absolute atomic E-state index is 13.1. The monoisotopic (exact) mass is 374 g/mol. The van der Waals surface area contributed by atoms with Crippen LogP contribution in [0.4, 0.5) is 8.78 Å². The lowest BCUT2D eigenvalue weighted by Crippen LogP contribution is -1.94. The number of carbonyl (C=O) groups is 1. The van der Waals surface area contributed by atoms with Gasteiger partial charge >= 0.3 is 0 Å². The Bertz CT molecular complexity index is 946. The molecule has 1 aromatic heterocycles. The Hall–Kier alpha value is -2.92. The van der Waals surface area contributed by atoms with Crippen molar-refractivity contribution in [2.45, 2.75) is 6.61 Å². The van der Waals surface area contributed by atoms with Gasteiger partial charge in [-0.25, -0.2) is 8.78 Å². The SMILES string of the molecule is O=C(/C=C/c1ccc(COc2ccc(F)c(Cl)c2)o1)c1ccc(F)cc1. The Morgan fingerprint density at radius 2 is 1.85 bits per heavy atom. The van der Waals surface area contributed by atoms with Gasteiger partial charge in [0, 0.05) is 11.6 Å². The minimum Gasteiger partial charge on any atom is -0.486 e. The molecule has 0 bridgehead atoms. The molecule has 0 saturated carbocycles. The Kier molecular flexibility index (Phi) is 5.49. The van der Waals surface area contributed by atoms with E-state index in [4.69, 9.17) is 20.8 Å². The van der Waals surface area contributed by atoms with Crippen LogP contribution in [0.3, 0.4) is 0 Å². The normalized spacial score (nSPS) is 11.0. The summed E-state index contributed by atoms with van der Waals surface area (Å²) in [5.74, 6) is 0.228. The number of allylic oxidation sites excluding steroid dienone is 1. The summed E-state index contributed by atoms with van der Waals surface area (Å²) in [5, 5.41) is -0.0233. The van der Waals surface area contributed by atoms with E-state index in [1.54, 1.807) is 12.1 Å². The fourth-order valence-corrected chi connectivity index (χ4v) is 2.32. The minimum atomic E-state index is -0.518. The summed E-state index contributed by atoms with van der Waals surface area (Å²) in [4.78, 5) is 12.0. The zero-order chi connectivity index (χ0) is 18.5. The predicted molar refractivity (Wildman–Crippen MR) is 94.2 cm³/mol. The highest BCUT2D eigenvalue weighted by Gasteiger charge is 2.06. The second-order valence-electron chi connectivity index (χ2n) is 5.37. The molecule has 2 aromatic carbocycles. The number of halogens is 3. The molecule has 132 valence electrons. The zero-order valence-corrected chi connectivity index (χ0v) is 14.2. The first-order chi connectivity index (χ1) is 12.5. The molecule has 6 heteroatoms. The van der Waals surface area contributed by atoms with Crippen molar-refractivity contribution in [1.82, 2.24) is 0 Å². The summed E-state index contributed by atoms with van der Waals surface area (Å²) in [6.07, 6.45) is 2.86. The van der Waals surface area contributed by atoms with Crippen LogP contribution < -0.4 is 4.74 Å². The molecule has 0 spiro atoms. The van der Waals surface area contributed by atoms with Gasteiger partial charge < -0.3 is 9.15 Å². The number of ketones is 1. The van der Waals surface area contributed by atoms with Crippen molar-refractivity contribution >= 4 is 23.5 Å². The van der Waals surface area contributed by atoms with E-state index in [9.17, 15) is 13.6 Å². The summed E-state index contributed by atoms with van der Waals surface area (Å²) in [7, 11) is 0. The number of rotatable bonds is 6. The first kappa shape index (κ1) is 17.9. The van der Waals surface area contributed by atoms with E-state index in [-0.39, 0.29) is 17.4 Å². The van der Waals surface area contributed by atoms with Crippen molar-refractivity contribution in [3.05, 3.63) is 94.4 Å². The average Bonchev–Trinajstić information content (AvgIpc) is 3.09. The molecule has 0 amide bonds. The van der Waals surface area contributed by atoms with Crippen molar-refractivity contribution < 1.29 is 22.7 Å². The van der Waals surface area contributed by atoms with E-state index in [1.807, 2.05) is 0 Å². The van der Waals surface area contributed by atoms with Crippen molar-refractivity contribution in [1.29, 1.82) is 0 Å². The average molecular weight is 375 g/mol. The summed E-state index contributed by atoms with van der Waals surface area (Å²) in [6.45, 7) is 0.127. The van der Waals surface area contributed by atoms with Gasteiger partial charge in [-0.1, -0.05) is 11.6 Å². The standard InChI is InChI=1S/C20H13ClF2O3/c21-18-11-16(7-9-19(18)23)25-12-17-6-5-15(26-17)8-10-20(24)13-1-3-14(22)4-2-13/h1-11H,12H2/b10-8+. The number of hydrogen-bond acceptors (Lipinski definition) is 3. The molecule has 0 fully saturated rings. The van der Waals surface area contributed by atoms with Gasteiger partial charge in [0.15, 0.2) is 5.78 Å². The number of carbonyl (C=O) groups excluding carboxylic acids is 1. The molecule has 3 rings (SSSR count). The molecule has 3 aromatic rings. The van der Waals surface area contributed by atoms with Gasteiger partial charge in [0.25, 0.3) is 0 Å². The van der Waals surface area contributed by atoms with Crippen LogP contribution in [0.25, 0.3) is 6.08 Å². The molecule has 1 heterocycles.